The topological polar surface area (TPSA) is 44.2 Å². The van der Waals surface area contributed by atoms with Gasteiger partial charge < -0.3 is 9.47 Å². The summed E-state index contributed by atoms with van der Waals surface area (Å²) in [5.74, 6) is 2.60. The lowest BCUT2D eigenvalue weighted by Gasteiger charge is -2.27. The standard InChI is InChI=1S/C26H34N2O2S6Si2/c1-29-25(37(3)4)17(23-27-19-11-7-9-13-21(19)33-23)15-31-35-36-32-16-18(26(30-2)38(5)6)24-28-20-12-8-10-14-22(20)34-24/h7-14,17-18,25-26H,15-16H2,1-6H3. The van der Waals surface area contributed by atoms with Gasteiger partial charge in [-0.3, -0.25) is 0 Å². The maximum absolute atomic E-state index is 6.03. The number of ether oxygens (including phenoxy) is 2. The molecule has 2 aromatic heterocycles. The van der Waals surface area contributed by atoms with Gasteiger partial charge in [0.05, 0.1) is 49.5 Å². The Balaban J connectivity index is 1.37. The predicted molar refractivity (Wildman–Crippen MR) is 181 cm³/mol. The van der Waals surface area contributed by atoms with Gasteiger partial charge in [-0.25, -0.2) is 9.97 Å². The van der Waals surface area contributed by atoms with Crippen LogP contribution in [0.3, 0.4) is 0 Å². The number of aromatic nitrogens is 2. The summed E-state index contributed by atoms with van der Waals surface area (Å²) in [5, 5.41) is 2.41. The van der Waals surface area contributed by atoms with Gasteiger partial charge in [-0.2, -0.15) is 0 Å². The smallest absolute Gasteiger partial charge is 0.100 e. The second kappa shape index (κ2) is 15.3. The number of rotatable bonds is 15. The molecule has 4 nitrogen and oxygen atoms in total. The van der Waals surface area contributed by atoms with Crippen LogP contribution in [0.4, 0.5) is 0 Å². The van der Waals surface area contributed by atoms with Crippen LogP contribution in [0, 0.1) is 0 Å². The van der Waals surface area contributed by atoms with E-state index in [1.165, 1.54) is 19.4 Å². The molecule has 0 aliphatic heterocycles. The molecule has 4 atom stereocenters. The maximum atomic E-state index is 6.03. The van der Waals surface area contributed by atoms with Crippen molar-refractivity contribution in [2.75, 3.05) is 25.7 Å². The number of hydrogen-bond donors (Lipinski definition) is 0. The fourth-order valence-corrected chi connectivity index (χ4v) is 17.0. The Morgan fingerprint density at radius 2 is 1.08 bits per heavy atom. The highest BCUT2D eigenvalue weighted by molar-refractivity contribution is 9.26. The third-order valence-corrected chi connectivity index (χ3v) is 18.7. The Labute approximate surface area is 253 Å². The van der Waals surface area contributed by atoms with Crippen molar-refractivity contribution < 1.29 is 9.47 Å². The molecule has 4 aromatic rings. The van der Waals surface area contributed by atoms with Gasteiger partial charge in [0.2, 0.25) is 0 Å². The summed E-state index contributed by atoms with van der Waals surface area (Å²) in [7, 11) is 10.0. The van der Waals surface area contributed by atoms with Crippen LogP contribution >= 0.6 is 63.9 Å². The van der Waals surface area contributed by atoms with Crippen molar-refractivity contribution >= 4 is 102 Å². The van der Waals surface area contributed by atoms with E-state index in [1.807, 2.05) is 78.1 Å². The molecule has 0 saturated heterocycles. The third kappa shape index (κ3) is 7.83. The van der Waals surface area contributed by atoms with Crippen LogP contribution in [0.1, 0.15) is 21.9 Å². The average Bonchev–Trinajstić information content (AvgIpc) is 3.53. The number of thiazole rings is 2. The third-order valence-electron chi connectivity index (χ3n) is 6.25. The van der Waals surface area contributed by atoms with Gasteiger partial charge in [0, 0.05) is 37.6 Å². The van der Waals surface area contributed by atoms with E-state index >= 15 is 0 Å². The van der Waals surface area contributed by atoms with E-state index in [-0.39, 0.29) is 11.5 Å². The molecule has 12 heteroatoms. The van der Waals surface area contributed by atoms with Gasteiger partial charge in [0.25, 0.3) is 0 Å². The molecule has 0 saturated carbocycles. The highest BCUT2D eigenvalue weighted by Gasteiger charge is 2.31. The molecular weight excluding hydrogens is 621 g/mol. The van der Waals surface area contributed by atoms with Crippen LogP contribution in [-0.4, -0.2) is 64.7 Å². The summed E-state index contributed by atoms with van der Waals surface area (Å²) >= 11 is 3.64. The molecule has 4 unspecified atom stereocenters. The second-order valence-electron chi connectivity index (χ2n) is 9.43. The Kier molecular flexibility index (Phi) is 12.4. The number of nitrogens with zero attached hydrogens (tertiary/aromatic N) is 2. The zero-order chi connectivity index (χ0) is 27.1. The summed E-state index contributed by atoms with van der Waals surface area (Å²) < 4.78 is 14.6. The average molecular weight is 655 g/mol. The predicted octanol–water partition coefficient (Wildman–Crippen LogP) is 9.07. The molecule has 0 N–H and O–H groups in total. The van der Waals surface area contributed by atoms with E-state index < -0.39 is 17.6 Å². The van der Waals surface area contributed by atoms with Crippen molar-refractivity contribution in [3.05, 3.63) is 58.5 Å². The van der Waals surface area contributed by atoms with Crippen molar-refractivity contribution in [1.29, 1.82) is 0 Å². The largest absolute Gasteiger partial charge is 0.384 e. The first-order chi connectivity index (χ1) is 18.4. The Morgan fingerprint density at radius 1 is 0.684 bits per heavy atom. The first kappa shape index (κ1) is 30.9. The van der Waals surface area contributed by atoms with E-state index in [1.54, 1.807) is 0 Å². The van der Waals surface area contributed by atoms with Crippen molar-refractivity contribution in [1.82, 2.24) is 9.97 Å². The molecular formula is C26H34N2O2S6Si2. The van der Waals surface area contributed by atoms with E-state index in [9.17, 15) is 0 Å². The van der Waals surface area contributed by atoms with Crippen molar-refractivity contribution in [2.24, 2.45) is 0 Å². The normalized spacial score (nSPS) is 15.5. The molecule has 0 bridgehead atoms. The fourth-order valence-electron chi connectivity index (χ4n) is 4.52. The Morgan fingerprint density at radius 3 is 1.42 bits per heavy atom. The highest BCUT2D eigenvalue weighted by Crippen LogP contribution is 2.48. The van der Waals surface area contributed by atoms with E-state index in [0.29, 0.717) is 11.8 Å². The van der Waals surface area contributed by atoms with Crippen LogP contribution in [-0.2, 0) is 9.47 Å². The number of para-hydroxylation sites is 2. The molecule has 4 rings (SSSR count). The number of hydrogen-bond acceptors (Lipinski definition) is 10. The van der Waals surface area contributed by atoms with Crippen molar-refractivity contribution in [3.63, 3.8) is 0 Å². The molecule has 0 aliphatic carbocycles. The van der Waals surface area contributed by atoms with Crippen LogP contribution in [0.5, 0.6) is 0 Å². The summed E-state index contributed by atoms with van der Waals surface area (Å²) in [4.78, 5) is 10.0. The first-order valence-corrected chi connectivity index (χ1v) is 24.3. The molecule has 0 fully saturated rings. The molecule has 0 spiro atoms. The van der Waals surface area contributed by atoms with Crippen molar-refractivity contribution in [2.45, 2.75) is 49.5 Å². The minimum Gasteiger partial charge on any atom is -0.384 e. The lowest BCUT2D eigenvalue weighted by Crippen LogP contribution is -2.34. The summed E-state index contributed by atoms with van der Waals surface area (Å²) in [5.41, 5.74) is 2.67. The van der Waals surface area contributed by atoms with Crippen LogP contribution in [0.15, 0.2) is 48.5 Å². The van der Waals surface area contributed by atoms with Crippen molar-refractivity contribution in [3.8, 4) is 0 Å². The summed E-state index contributed by atoms with van der Waals surface area (Å²) in [6.45, 7) is 9.36. The van der Waals surface area contributed by atoms with Gasteiger partial charge >= 0.3 is 0 Å². The maximum Gasteiger partial charge on any atom is 0.100 e. The summed E-state index contributed by atoms with van der Waals surface area (Å²) in [6, 6.07) is 16.9. The molecule has 2 aromatic carbocycles. The number of fused-ring (bicyclic) bond motifs is 2. The Hall–Kier alpha value is -0.0262. The second-order valence-corrected chi connectivity index (χ2v) is 23.1. The molecule has 2 heterocycles. The lowest BCUT2D eigenvalue weighted by atomic mass is 10.2. The Bertz CT molecular complexity index is 1120. The van der Waals surface area contributed by atoms with Gasteiger partial charge in [-0.05, 0) is 43.9 Å². The van der Waals surface area contributed by atoms with Gasteiger partial charge in [0.1, 0.15) is 10.0 Å². The monoisotopic (exact) mass is 654 g/mol. The van der Waals surface area contributed by atoms with E-state index in [0.717, 1.165) is 22.5 Å². The van der Waals surface area contributed by atoms with Gasteiger partial charge in [-0.1, -0.05) is 72.0 Å². The minimum atomic E-state index is -0.633. The van der Waals surface area contributed by atoms with Crippen LogP contribution < -0.4 is 0 Å². The molecule has 2 radical (unpaired) electrons. The zero-order valence-corrected chi connectivity index (χ0v) is 29.4. The number of methoxy groups -OCH3 is 2. The SMILES string of the molecule is COC(C(CSSSSCC(c1nc2ccccc2s1)C(OC)[Si](C)C)c1nc2ccccc2s1)[Si](C)C. The lowest BCUT2D eigenvalue weighted by molar-refractivity contribution is 0.144. The van der Waals surface area contributed by atoms with Crippen LogP contribution in [0.2, 0.25) is 26.2 Å². The van der Waals surface area contributed by atoms with Gasteiger partial charge in [-0.15, -0.1) is 22.7 Å². The molecule has 0 amide bonds. The molecule has 38 heavy (non-hydrogen) atoms. The van der Waals surface area contributed by atoms with Gasteiger partial charge in [0.15, 0.2) is 0 Å². The minimum absolute atomic E-state index is 0.242. The van der Waals surface area contributed by atoms with Crippen LogP contribution in [0.25, 0.3) is 20.4 Å². The molecule has 204 valence electrons. The fraction of sp³-hybridized carbons (Fsp3) is 0.462. The van der Waals surface area contributed by atoms with E-state index in [4.69, 9.17) is 19.4 Å². The quantitative estimate of drug-likeness (QED) is 0.0715. The molecule has 0 aliphatic rings. The first-order valence-electron chi connectivity index (χ1n) is 12.4. The zero-order valence-electron chi connectivity index (χ0n) is 22.5. The van der Waals surface area contributed by atoms with E-state index in [2.05, 4.69) is 74.7 Å². The number of benzene rings is 2. The highest BCUT2D eigenvalue weighted by atomic mass is 33.7. The summed E-state index contributed by atoms with van der Waals surface area (Å²) in [6.07, 6.45) is 0.